The van der Waals surface area contributed by atoms with Crippen LogP contribution in [0.15, 0.2) is 0 Å². The van der Waals surface area contributed by atoms with Crippen LogP contribution in [0, 0.1) is 0 Å². The molecule has 0 aromatic rings. The van der Waals surface area contributed by atoms with E-state index in [-0.39, 0.29) is 39.1 Å². The molecule has 0 rings (SSSR count). The van der Waals surface area contributed by atoms with Gasteiger partial charge in [-0.2, -0.15) is 4.31 Å². The summed E-state index contributed by atoms with van der Waals surface area (Å²) in [4.78, 5) is 0. The fraction of sp³-hybridized carbons (Fsp3) is 1.00. The van der Waals surface area contributed by atoms with Crippen molar-refractivity contribution < 1.29 is 21.9 Å². The number of halogens is 3. The third-order valence-corrected chi connectivity index (χ3v) is 2.37. The zero-order chi connectivity index (χ0) is 10.3. The summed E-state index contributed by atoms with van der Waals surface area (Å²) in [5, 5.41) is 16.7. The first-order valence-corrected chi connectivity index (χ1v) is 5.20. The highest BCUT2D eigenvalue weighted by Crippen LogP contribution is 2.56. The van der Waals surface area contributed by atoms with Gasteiger partial charge in [-0.1, -0.05) is 0 Å². The molecule has 0 bridgehead atoms. The number of aliphatic hydroxyl groups excluding tert-OH is 2. The summed E-state index contributed by atoms with van der Waals surface area (Å²) in [6.45, 7) is -0.860. The Morgan fingerprint density at radius 2 is 1.31 bits per heavy atom. The zero-order valence-corrected chi connectivity index (χ0v) is 7.94. The molecule has 7 heteroatoms. The van der Waals surface area contributed by atoms with Crippen LogP contribution in [0.4, 0.5) is 11.7 Å². The molecule has 0 aliphatic heterocycles. The molecule has 0 amide bonds. The molecule has 0 radical (unpaired) electrons. The molecule has 0 aromatic heterocycles. The van der Waals surface area contributed by atoms with Crippen LogP contribution in [-0.4, -0.2) is 40.8 Å². The van der Waals surface area contributed by atoms with E-state index in [0.717, 1.165) is 0 Å². The van der Waals surface area contributed by atoms with Crippen LogP contribution in [0.3, 0.4) is 0 Å². The van der Waals surface area contributed by atoms with E-state index >= 15 is 0 Å². The highest BCUT2D eigenvalue weighted by atomic mass is 32.3. The van der Waals surface area contributed by atoms with Crippen LogP contribution in [0.25, 0.3) is 0 Å². The molecule has 0 unspecified atom stereocenters. The topological polar surface area (TPSA) is 43.7 Å². The van der Waals surface area contributed by atoms with Crippen molar-refractivity contribution in [3.8, 4) is 0 Å². The van der Waals surface area contributed by atoms with E-state index in [4.69, 9.17) is 10.2 Å². The van der Waals surface area contributed by atoms with E-state index < -0.39 is 11.4 Å². The monoisotopic (exact) mass is 221 g/mol. The summed E-state index contributed by atoms with van der Waals surface area (Å²) in [6, 6.07) is 0. The molecule has 0 heterocycles. The summed E-state index contributed by atoms with van der Waals surface area (Å²) in [5.41, 5.74) is 0. The van der Waals surface area contributed by atoms with Crippen LogP contribution in [-0.2, 0) is 0 Å². The van der Waals surface area contributed by atoms with Gasteiger partial charge in [-0.15, -0.1) is 11.7 Å². The van der Waals surface area contributed by atoms with Gasteiger partial charge in [0.1, 0.15) is 0 Å². The molecule has 0 atom stereocenters. The smallest absolute Gasteiger partial charge is 0.278 e. The Kier molecular flexibility index (Phi) is 6.48. The van der Waals surface area contributed by atoms with Crippen molar-refractivity contribution in [3.63, 3.8) is 0 Å². The minimum absolute atomic E-state index is 0.109. The molecule has 0 aliphatic rings. The Morgan fingerprint density at radius 1 is 0.923 bits per heavy atom. The Balaban J connectivity index is 3.88. The number of rotatable bonds is 7. The molecule has 0 spiro atoms. The Labute approximate surface area is 77.5 Å². The van der Waals surface area contributed by atoms with Gasteiger partial charge in [0, 0.05) is 26.3 Å². The maximum atomic E-state index is 12.2. The van der Waals surface area contributed by atoms with Crippen LogP contribution in [0.2, 0.25) is 0 Å². The molecule has 0 saturated carbocycles. The maximum absolute atomic E-state index is 12.2. The quantitative estimate of drug-likeness (QED) is 0.683. The van der Waals surface area contributed by atoms with Gasteiger partial charge >= 0.3 is 0 Å². The second-order valence-corrected chi connectivity index (χ2v) is 3.75. The highest BCUT2D eigenvalue weighted by Gasteiger charge is 2.30. The lowest BCUT2D eigenvalue weighted by atomic mass is 10.4. The third kappa shape index (κ3) is 6.14. The van der Waals surface area contributed by atoms with Crippen LogP contribution >= 0.6 is 11.4 Å². The number of hydrogen-bond acceptors (Lipinski definition) is 3. The van der Waals surface area contributed by atoms with Gasteiger partial charge in [0.2, 0.25) is 0 Å². The van der Waals surface area contributed by atoms with Crippen LogP contribution < -0.4 is 0 Å². The average Bonchev–Trinajstić information content (AvgIpc) is 2.02. The summed E-state index contributed by atoms with van der Waals surface area (Å²) >= 11 is -5.20. The Morgan fingerprint density at radius 3 is 1.54 bits per heavy atom. The molecule has 0 aliphatic carbocycles. The third-order valence-electron chi connectivity index (χ3n) is 1.42. The molecular formula is C6H14F3NO2S. The van der Waals surface area contributed by atoms with Gasteiger partial charge in [0.25, 0.3) is 11.4 Å². The van der Waals surface area contributed by atoms with Crippen molar-refractivity contribution in [1.29, 1.82) is 0 Å². The van der Waals surface area contributed by atoms with Gasteiger partial charge in [0.15, 0.2) is 0 Å². The van der Waals surface area contributed by atoms with Crippen molar-refractivity contribution in [2.45, 2.75) is 12.8 Å². The number of nitrogens with zero attached hydrogens (tertiary/aromatic N) is 1. The fourth-order valence-corrected chi connectivity index (χ4v) is 1.49. The minimum Gasteiger partial charge on any atom is -0.396 e. The lowest BCUT2D eigenvalue weighted by Crippen LogP contribution is -2.25. The van der Waals surface area contributed by atoms with Gasteiger partial charge in [0.05, 0.1) is 0 Å². The van der Waals surface area contributed by atoms with Gasteiger partial charge < -0.3 is 10.2 Å². The van der Waals surface area contributed by atoms with Crippen molar-refractivity contribution >= 4 is 11.4 Å². The second kappa shape index (κ2) is 6.47. The van der Waals surface area contributed by atoms with E-state index in [1.54, 1.807) is 0 Å². The first kappa shape index (κ1) is 13.0. The minimum atomic E-state index is -5.20. The summed E-state index contributed by atoms with van der Waals surface area (Å²) in [5.74, 6) is 0. The first-order chi connectivity index (χ1) is 6.02. The maximum Gasteiger partial charge on any atom is 0.278 e. The zero-order valence-electron chi connectivity index (χ0n) is 7.13. The van der Waals surface area contributed by atoms with Crippen molar-refractivity contribution in [1.82, 2.24) is 4.31 Å². The van der Waals surface area contributed by atoms with Crippen molar-refractivity contribution in [2.24, 2.45) is 0 Å². The van der Waals surface area contributed by atoms with E-state index in [9.17, 15) is 11.7 Å². The van der Waals surface area contributed by atoms with Crippen molar-refractivity contribution in [2.75, 3.05) is 26.3 Å². The average molecular weight is 221 g/mol. The molecule has 0 aromatic carbocycles. The molecule has 3 nitrogen and oxygen atoms in total. The Bertz CT molecular complexity index is 126. The van der Waals surface area contributed by atoms with E-state index in [0.29, 0.717) is 4.31 Å². The SMILES string of the molecule is OCCCN(CCCO)S(F)(F)F. The molecule has 2 N–H and O–H groups in total. The summed E-state index contributed by atoms with van der Waals surface area (Å²) < 4.78 is 37.0. The van der Waals surface area contributed by atoms with E-state index in [1.807, 2.05) is 0 Å². The fourth-order valence-electron chi connectivity index (χ4n) is 0.813. The van der Waals surface area contributed by atoms with Crippen LogP contribution in [0.5, 0.6) is 0 Å². The van der Waals surface area contributed by atoms with E-state index in [2.05, 4.69) is 0 Å². The van der Waals surface area contributed by atoms with Gasteiger partial charge in [-0.3, -0.25) is 0 Å². The van der Waals surface area contributed by atoms with Crippen molar-refractivity contribution in [3.05, 3.63) is 0 Å². The summed E-state index contributed by atoms with van der Waals surface area (Å²) in [7, 11) is 0. The second-order valence-electron chi connectivity index (χ2n) is 2.47. The number of hydrogen-bond donors (Lipinski definition) is 2. The highest BCUT2D eigenvalue weighted by molar-refractivity contribution is 8.18. The molecule has 0 fully saturated rings. The molecule has 82 valence electrons. The number of aliphatic hydroxyl groups is 2. The first-order valence-electron chi connectivity index (χ1n) is 3.91. The Hall–Kier alpha value is 0.0200. The van der Waals surface area contributed by atoms with E-state index in [1.165, 1.54) is 0 Å². The lowest BCUT2D eigenvalue weighted by molar-refractivity contribution is 0.245. The molecule has 13 heavy (non-hydrogen) atoms. The van der Waals surface area contributed by atoms with Gasteiger partial charge in [-0.25, -0.2) is 0 Å². The molecular weight excluding hydrogens is 207 g/mol. The largest absolute Gasteiger partial charge is 0.396 e. The predicted molar refractivity (Wildman–Crippen MR) is 45.9 cm³/mol. The van der Waals surface area contributed by atoms with Crippen LogP contribution in [0.1, 0.15) is 12.8 Å². The standard InChI is InChI=1S/C6H14F3NO2S/c7-13(8,9)10(3-1-5-11)4-2-6-12/h11-12H,1-6H2. The van der Waals surface area contributed by atoms with Gasteiger partial charge in [-0.05, 0) is 12.8 Å². The molecule has 0 saturated heterocycles. The normalized spacial score (nSPS) is 13.7. The predicted octanol–water partition coefficient (Wildman–Crippen LogP) is 1.43. The summed E-state index contributed by atoms with van der Waals surface area (Å²) in [6.07, 6.45) is 0.218. The lowest BCUT2D eigenvalue weighted by Gasteiger charge is -2.26.